The Balaban J connectivity index is 1.98. The fourth-order valence-corrected chi connectivity index (χ4v) is 5.49. The van der Waals surface area contributed by atoms with Gasteiger partial charge in [-0.25, -0.2) is 16.8 Å². The molecule has 0 bridgehead atoms. The van der Waals surface area contributed by atoms with Crippen molar-refractivity contribution in [1.29, 1.82) is 0 Å². The normalized spacial score (nSPS) is 14.8. The first-order chi connectivity index (χ1) is 13.9. The summed E-state index contributed by atoms with van der Waals surface area (Å²) in [5, 5.41) is 0. The van der Waals surface area contributed by atoms with Gasteiger partial charge in [0, 0.05) is 37.1 Å². The van der Waals surface area contributed by atoms with Gasteiger partial charge in [0.05, 0.1) is 9.79 Å². The van der Waals surface area contributed by atoms with Crippen molar-refractivity contribution in [2.24, 2.45) is 0 Å². The summed E-state index contributed by atoms with van der Waals surface area (Å²) < 4.78 is 50.6. The molecule has 0 N–H and O–H groups in total. The van der Waals surface area contributed by atoms with Crippen LogP contribution in [0.5, 0.6) is 0 Å². The van der Waals surface area contributed by atoms with Crippen molar-refractivity contribution >= 4 is 31.5 Å². The molecule has 9 heteroatoms. The number of anilines is 1. The number of carbonyl (C=O) groups is 1. The third-order valence-electron chi connectivity index (χ3n) is 5.33. The molecule has 0 aliphatic carbocycles. The highest BCUT2D eigenvalue weighted by molar-refractivity contribution is 7.90. The Bertz CT molecular complexity index is 1190. The number of carbonyl (C=O) groups excluding carboxylic acids is 1. The monoisotopic (exact) mass is 450 g/mol. The second-order valence-corrected chi connectivity index (χ2v) is 11.8. The Labute approximate surface area is 178 Å². The lowest BCUT2D eigenvalue weighted by atomic mass is 10.0. The Morgan fingerprint density at radius 1 is 1.03 bits per heavy atom. The van der Waals surface area contributed by atoms with Crippen molar-refractivity contribution < 1.29 is 21.6 Å². The highest BCUT2D eigenvalue weighted by Gasteiger charge is 2.27. The maximum Gasteiger partial charge on any atom is 0.258 e. The standard InChI is InChI=1S/C21H26N2O5S2/c1-15(2)22(3)30(27,28)19-9-5-7-17(14-19)21(24)23-12-6-8-16-13-18(29(4,25)26)10-11-20(16)23/h5,7,9-11,13-15H,6,8,12H2,1-4H3. The van der Waals surface area contributed by atoms with Crippen molar-refractivity contribution in [1.82, 2.24) is 4.31 Å². The summed E-state index contributed by atoms with van der Waals surface area (Å²) in [5.74, 6) is -0.313. The van der Waals surface area contributed by atoms with Gasteiger partial charge in [0.25, 0.3) is 5.91 Å². The van der Waals surface area contributed by atoms with E-state index < -0.39 is 19.9 Å². The van der Waals surface area contributed by atoms with E-state index in [2.05, 4.69) is 0 Å². The molecule has 30 heavy (non-hydrogen) atoms. The van der Waals surface area contributed by atoms with Crippen LogP contribution in [0.1, 0.15) is 36.2 Å². The van der Waals surface area contributed by atoms with Crippen LogP contribution in [0.15, 0.2) is 52.3 Å². The largest absolute Gasteiger partial charge is 0.308 e. The predicted octanol–water partition coefficient (Wildman–Crippen LogP) is 2.71. The van der Waals surface area contributed by atoms with E-state index in [0.717, 1.165) is 11.8 Å². The maximum atomic E-state index is 13.2. The minimum Gasteiger partial charge on any atom is -0.308 e. The number of aryl methyl sites for hydroxylation is 1. The van der Waals surface area contributed by atoms with E-state index in [9.17, 15) is 21.6 Å². The van der Waals surface area contributed by atoms with Gasteiger partial charge in [0.1, 0.15) is 0 Å². The van der Waals surface area contributed by atoms with Crippen LogP contribution in [0.3, 0.4) is 0 Å². The number of fused-ring (bicyclic) bond motifs is 1. The van der Waals surface area contributed by atoms with E-state index in [1.165, 1.54) is 29.6 Å². The number of sulfone groups is 1. The zero-order valence-electron chi connectivity index (χ0n) is 17.5. The molecule has 1 aliphatic rings. The van der Waals surface area contributed by atoms with Crippen LogP contribution in [0.2, 0.25) is 0 Å². The van der Waals surface area contributed by atoms with Gasteiger partial charge in [0.15, 0.2) is 9.84 Å². The molecule has 0 radical (unpaired) electrons. The van der Waals surface area contributed by atoms with Gasteiger partial charge in [-0.3, -0.25) is 4.79 Å². The van der Waals surface area contributed by atoms with Gasteiger partial charge in [0.2, 0.25) is 10.0 Å². The van der Waals surface area contributed by atoms with Crippen LogP contribution < -0.4 is 4.90 Å². The minimum absolute atomic E-state index is 0.0641. The summed E-state index contributed by atoms with van der Waals surface area (Å²) in [7, 11) is -5.54. The Morgan fingerprint density at radius 2 is 1.73 bits per heavy atom. The van der Waals surface area contributed by atoms with E-state index in [4.69, 9.17) is 0 Å². The summed E-state index contributed by atoms with van der Waals surface area (Å²) in [5.41, 5.74) is 1.72. The third kappa shape index (κ3) is 4.28. The molecule has 0 saturated heterocycles. The summed E-state index contributed by atoms with van der Waals surface area (Å²) in [4.78, 5) is 15.1. The fraction of sp³-hybridized carbons (Fsp3) is 0.381. The molecule has 0 saturated carbocycles. The summed E-state index contributed by atoms with van der Waals surface area (Å²) in [6.07, 6.45) is 2.52. The average Bonchev–Trinajstić information content (AvgIpc) is 2.71. The predicted molar refractivity (Wildman–Crippen MR) is 116 cm³/mol. The number of nitrogens with zero attached hydrogens (tertiary/aromatic N) is 2. The van der Waals surface area contributed by atoms with Crippen molar-refractivity contribution in [3.63, 3.8) is 0 Å². The van der Waals surface area contributed by atoms with Crippen LogP contribution in [0.25, 0.3) is 0 Å². The molecule has 0 unspecified atom stereocenters. The number of rotatable bonds is 5. The lowest BCUT2D eigenvalue weighted by Crippen LogP contribution is -2.36. The molecule has 162 valence electrons. The molecule has 0 fully saturated rings. The highest BCUT2D eigenvalue weighted by Crippen LogP contribution is 2.31. The smallest absolute Gasteiger partial charge is 0.258 e. The molecule has 0 atom stereocenters. The van der Waals surface area contributed by atoms with Gasteiger partial charge in [-0.1, -0.05) is 6.07 Å². The van der Waals surface area contributed by atoms with Gasteiger partial charge >= 0.3 is 0 Å². The third-order valence-corrected chi connectivity index (χ3v) is 8.47. The van der Waals surface area contributed by atoms with Crippen LogP contribution in [-0.2, 0) is 26.3 Å². The van der Waals surface area contributed by atoms with E-state index in [1.807, 2.05) is 0 Å². The second-order valence-electron chi connectivity index (χ2n) is 7.77. The molecule has 3 rings (SSSR count). The van der Waals surface area contributed by atoms with Crippen molar-refractivity contribution in [2.75, 3.05) is 24.7 Å². The van der Waals surface area contributed by atoms with Crippen LogP contribution in [-0.4, -0.2) is 52.9 Å². The first kappa shape index (κ1) is 22.5. The van der Waals surface area contributed by atoms with Gasteiger partial charge in [-0.2, -0.15) is 4.31 Å². The molecule has 0 aromatic heterocycles. The maximum absolute atomic E-state index is 13.2. The molecule has 7 nitrogen and oxygen atoms in total. The quantitative estimate of drug-likeness (QED) is 0.698. The Kier molecular flexibility index (Phi) is 6.08. The number of amides is 1. The lowest BCUT2D eigenvalue weighted by molar-refractivity contribution is 0.0985. The van der Waals surface area contributed by atoms with Crippen molar-refractivity contribution in [3.8, 4) is 0 Å². The van der Waals surface area contributed by atoms with Gasteiger partial charge in [-0.15, -0.1) is 0 Å². The molecule has 2 aromatic rings. The van der Waals surface area contributed by atoms with Gasteiger partial charge in [-0.05, 0) is 68.7 Å². The summed E-state index contributed by atoms with van der Waals surface area (Å²) in [6, 6.07) is 10.6. The highest BCUT2D eigenvalue weighted by atomic mass is 32.2. The number of sulfonamides is 1. The molecule has 1 aliphatic heterocycles. The summed E-state index contributed by atoms with van der Waals surface area (Å²) >= 11 is 0. The molecular weight excluding hydrogens is 424 g/mol. The minimum atomic E-state index is -3.71. The zero-order valence-corrected chi connectivity index (χ0v) is 19.1. The summed E-state index contributed by atoms with van der Waals surface area (Å²) in [6.45, 7) is 4.04. The van der Waals surface area contributed by atoms with Gasteiger partial charge < -0.3 is 4.90 Å². The first-order valence-electron chi connectivity index (χ1n) is 9.66. The number of benzene rings is 2. The number of hydrogen-bond donors (Lipinski definition) is 0. The Hall–Kier alpha value is -2.23. The van der Waals surface area contributed by atoms with Crippen LogP contribution in [0, 0.1) is 0 Å². The van der Waals surface area contributed by atoms with E-state index in [1.54, 1.807) is 43.0 Å². The van der Waals surface area contributed by atoms with Crippen LogP contribution >= 0.6 is 0 Å². The zero-order chi connectivity index (χ0) is 22.3. The average molecular weight is 451 g/mol. The van der Waals surface area contributed by atoms with Crippen molar-refractivity contribution in [2.45, 2.75) is 42.5 Å². The van der Waals surface area contributed by atoms with E-state index in [0.29, 0.717) is 25.1 Å². The SMILES string of the molecule is CC(C)N(C)S(=O)(=O)c1cccc(C(=O)N2CCCc3cc(S(C)(=O)=O)ccc32)c1. The lowest BCUT2D eigenvalue weighted by Gasteiger charge is -2.30. The Morgan fingerprint density at radius 3 is 2.37 bits per heavy atom. The molecular formula is C21H26N2O5S2. The first-order valence-corrected chi connectivity index (χ1v) is 13.0. The second kappa shape index (κ2) is 8.13. The van der Waals surface area contributed by atoms with E-state index >= 15 is 0 Å². The van der Waals surface area contributed by atoms with Crippen molar-refractivity contribution in [3.05, 3.63) is 53.6 Å². The fourth-order valence-electron chi connectivity index (χ4n) is 3.40. The molecule has 2 aromatic carbocycles. The van der Waals surface area contributed by atoms with Crippen LogP contribution in [0.4, 0.5) is 5.69 Å². The molecule has 0 spiro atoms. The van der Waals surface area contributed by atoms with E-state index in [-0.39, 0.29) is 27.3 Å². The number of hydrogen-bond acceptors (Lipinski definition) is 5. The topological polar surface area (TPSA) is 91.8 Å². The molecule has 1 heterocycles. The molecule has 1 amide bonds.